The number of ether oxygens (including phenoxy) is 1. The highest BCUT2D eigenvalue weighted by Crippen LogP contribution is 2.26. The highest BCUT2D eigenvalue weighted by molar-refractivity contribution is 4.81. The zero-order valence-electron chi connectivity index (χ0n) is 12.9. The molecule has 2 N–H and O–H groups in total. The molecule has 18 heavy (non-hydrogen) atoms. The summed E-state index contributed by atoms with van der Waals surface area (Å²) < 4.78 is 5.75. The van der Waals surface area contributed by atoms with Gasteiger partial charge in [0.2, 0.25) is 0 Å². The summed E-state index contributed by atoms with van der Waals surface area (Å²) in [4.78, 5) is 2.59. The molecular formula is C15H32N2O. The molecule has 3 atom stereocenters. The quantitative estimate of drug-likeness (QED) is 0.821. The van der Waals surface area contributed by atoms with Crippen molar-refractivity contribution in [2.75, 3.05) is 26.2 Å². The van der Waals surface area contributed by atoms with E-state index in [0.717, 1.165) is 26.2 Å². The predicted octanol–water partition coefficient (Wildman–Crippen LogP) is 2.50. The standard InChI is InChI=1S/C15H32N2O/c1-6-14-11-18-12(2)9-17(14)10-13(8-16)7-15(3,4)5/h12-14H,6-11,16H2,1-5H3. The number of nitrogens with two attached hydrogens (primary N) is 1. The van der Waals surface area contributed by atoms with Crippen LogP contribution in [0.5, 0.6) is 0 Å². The first-order valence-corrected chi connectivity index (χ1v) is 7.41. The molecule has 3 heteroatoms. The van der Waals surface area contributed by atoms with Crippen LogP contribution in [0.25, 0.3) is 0 Å². The predicted molar refractivity (Wildman–Crippen MR) is 77.7 cm³/mol. The molecule has 1 fully saturated rings. The van der Waals surface area contributed by atoms with Crippen LogP contribution in [0.3, 0.4) is 0 Å². The first-order chi connectivity index (χ1) is 8.35. The van der Waals surface area contributed by atoms with Crippen LogP contribution in [0.2, 0.25) is 0 Å². The average molecular weight is 256 g/mol. The molecule has 0 aromatic rings. The third-order valence-corrected chi connectivity index (χ3v) is 3.78. The number of morpholine rings is 1. The second kappa shape index (κ2) is 6.88. The average Bonchev–Trinajstić information content (AvgIpc) is 2.26. The Morgan fingerprint density at radius 1 is 1.39 bits per heavy atom. The van der Waals surface area contributed by atoms with E-state index in [0.29, 0.717) is 23.5 Å². The van der Waals surface area contributed by atoms with Gasteiger partial charge in [0.05, 0.1) is 12.7 Å². The molecule has 1 rings (SSSR count). The monoisotopic (exact) mass is 256 g/mol. The summed E-state index contributed by atoms with van der Waals surface area (Å²) in [6, 6.07) is 0.579. The molecule has 108 valence electrons. The molecule has 3 nitrogen and oxygen atoms in total. The maximum Gasteiger partial charge on any atom is 0.0674 e. The first kappa shape index (κ1) is 15.9. The smallest absolute Gasteiger partial charge is 0.0674 e. The van der Waals surface area contributed by atoms with Crippen LogP contribution >= 0.6 is 0 Å². The Balaban J connectivity index is 2.55. The largest absolute Gasteiger partial charge is 0.376 e. The minimum absolute atomic E-state index is 0.362. The first-order valence-electron chi connectivity index (χ1n) is 7.41. The molecule has 3 unspecified atom stereocenters. The molecule has 1 saturated heterocycles. The molecule has 0 bridgehead atoms. The maximum absolute atomic E-state index is 5.96. The van der Waals surface area contributed by atoms with E-state index in [1.54, 1.807) is 0 Å². The summed E-state index contributed by atoms with van der Waals surface area (Å²) in [5.74, 6) is 0.601. The third kappa shape index (κ3) is 5.25. The van der Waals surface area contributed by atoms with Crippen molar-refractivity contribution in [2.24, 2.45) is 17.1 Å². The normalized spacial score (nSPS) is 28.3. The van der Waals surface area contributed by atoms with E-state index in [4.69, 9.17) is 10.5 Å². The number of rotatable bonds is 5. The molecular weight excluding hydrogens is 224 g/mol. The van der Waals surface area contributed by atoms with Gasteiger partial charge in [-0.05, 0) is 37.6 Å². The van der Waals surface area contributed by atoms with Crippen LogP contribution in [0.1, 0.15) is 47.5 Å². The number of nitrogens with zero attached hydrogens (tertiary/aromatic N) is 1. The Bertz CT molecular complexity index is 237. The van der Waals surface area contributed by atoms with Crippen molar-refractivity contribution < 1.29 is 4.74 Å². The van der Waals surface area contributed by atoms with Crippen molar-refractivity contribution in [3.05, 3.63) is 0 Å². The van der Waals surface area contributed by atoms with E-state index in [1.807, 2.05) is 0 Å². The lowest BCUT2D eigenvalue weighted by molar-refractivity contribution is -0.0616. The van der Waals surface area contributed by atoms with Crippen molar-refractivity contribution in [3.63, 3.8) is 0 Å². The highest BCUT2D eigenvalue weighted by Gasteiger charge is 2.28. The summed E-state index contributed by atoms with van der Waals surface area (Å²) in [5.41, 5.74) is 6.33. The van der Waals surface area contributed by atoms with Gasteiger partial charge in [0.15, 0.2) is 0 Å². The highest BCUT2D eigenvalue weighted by atomic mass is 16.5. The van der Waals surface area contributed by atoms with E-state index in [2.05, 4.69) is 39.5 Å². The lowest BCUT2D eigenvalue weighted by Crippen LogP contribution is -2.51. The van der Waals surface area contributed by atoms with Gasteiger partial charge in [-0.25, -0.2) is 0 Å². The van der Waals surface area contributed by atoms with Gasteiger partial charge in [0.25, 0.3) is 0 Å². The minimum atomic E-state index is 0.362. The van der Waals surface area contributed by atoms with Crippen LogP contribution in [-0.4, -0.2) is 43.3 Å². The second-order valence-electron chi connectivity index (χ2n) is 7.03. The third-order valence-electron chi connectivity index (χ3n) is 3.78. The van der Waals surface area contributed by atoms with E-state index in [-0.39, 0.29) is 0 Å². The summed E-state index contributed by atoms with van der Waals surface area (Å²) in [5, 5.41) is 0. The topological polar surface area (TPSA) is 38.5 Å². The SMILES string of the molecule is CCC1COC(C)CN1CC(CN)CC(C)(C)C. The summed E-state index contributed by atoms with van der Waals surface area (Å²) in [6.07, 6.45) is 2.73. The second-order valence-corrected chi connectivity index (χ2v) is 7.03. The van der Waals surface area contributed by atoms with E-state index in [9.17, 15) is 0 Å². The lowest BCUT2D eigenvalue weighted by atomic mass is 9.84. The Morgan fingerprint density at radius 3 is 2.56 bits per heavy atom. The molecule has 0 amide bonds. The Kier molecular flexibility index (Phi) is 6.09. The van der Waals surface area contributed by atoms with Gasteiger partial charge < -0.3 is 10.5 Å². The van der Waals surface area contributed by atoms with E-state index < -0.39 is 0 Å². The van der Waals surface area contributed by atoms with E-state index in [1.165, 1.54) is 12.8 Å². The fourth-order valence-electron chi connectivity index (χ4n) is 2.93. The van der Waals surface area contributed by atoms with Gasteiger partial charge in [-0.2, -0.15) is 0 Å². The fourth-order valence-corrected chi connectivity index (χ4v) is 2.93. The molecule has 0 spiro atoms. The van der Waals surface area contributed by atoms with Gasteiger partial charge in [-0.3, -0.25) is 4.90 Å². The van der Waals surface area contributed by atoms with Crippen molar-refractivity contribution in [1.29, 1.82) is 0 Å². The van der Waals surface area contributed by atoms with Crippen molar-refractivity contribution >= 4 is 0 Å². The Morgan fingerprint density at radius 2 is 2.06 bits per heavy atom. The van der Waals surface area contributed by atoms with Crippen LogP contribution in [-0.2, 0) is 4.74 Å². The molecule has 0 radical (unpaired) electrons. The van der Waals surface area contributed by atoms with Gasteiger partial charge in [-0.15, -0.1) is 0 Å². The Hall–Kier alpha value is -0.120. The maximum atomic E-state index is 5.96. The zero-order valence-corrected chi connectivity index (χ0v) is 12.9. The molecule has 0 saturated carbocycles. The molecule has 1 aliphatic rings. The van der Waals surface area contributed by atoms with Crippen LogP contribution in [0.4, 0.5) is 0 Å². The van der Waals surface area contributed by atoms with E-state index >= 15 is 0 Å². The van der Waals surface area contributed by atoms with Gasteiger partial charge in [0.1, 0.15) is 0 Å². The molecule has 1 heterocycles. The summed E-state index contributed by atoms with van der Waals surface area (Å²) in [7, 11) is 0. The van der Waals surface area contributed by atoms with Crippen molar-refractivity contribution in [2.45, 2.75) is 59.6 Å². The van der Waals surface area contributed by atoms with Gasteiger partial charge in [-0.1, -0.05) is 27.7 Å². The van der Waals surface area contributed by atoms with Crippen LogP contribution in [0, 0.1) is 11.3 Å². The molecule has 0 aromatic carbocycles. The fraction of sp³-hybridized carbons (Fsp3) is 1.00. The summed E-state index contributed by atoms with van der Waals surface area (Å²) >= 11 is 0. The molecule has 0 aliphatic carbocycles. The molecule has 0 aromatic heterocycles. The van der Waals surface area contributed by atoms with Gasteiger partial charge in [0, 0.05) is 19.1 Å². The van der Waals surface area contributed by atoms with Crippen LogP contribution in [0.15, 0.2) is 0 Å². The van der Waals surface area contributed by atoms with Crippen molar-refractivity contribution in [3.8, 4) is 0 Å². The van der Waals surface area contributed by atoms with Crippen molar-refractivity contribution in [1.82, 2.24) is 4.90 Å². The summed E-state index contributed by atoms with van der Waals surface area (Å²) in [6.45, 7) is 15.2. The lowest BCUT2D eigenvalue weighted by Gasteiger charge is -2.40. The molecule has 1 aliphatic heterocycles. The number of hydrogen-bond acceptors (Lipinski definition) is 3. The Labute approximate surface area is 113 Å². The van der Waals surface area contributed by atoms with Crippen LogP contribution < -0.4 is 5.73 Å². The zero-order chi connectivity index (χ0) is 13.8. The number of hydrogen-bond donors (Lipinski definition) is 1. The van der Waals surface area contributed by atoms with Gasteiger partial charge >= 0.3 is 0 Å². The minimum Gasteiger partial charge on any atom is -0.376 e.